The van der Waals surface area contributed by atoms with Crippen LogP contribution in [0, 0.1) is 0 Å². The molecule has 0 fully saturated rings. The van der Waals surface area contributed by atoms with Gasteiger partial charge in [-0.2, -0.15) is 0 Å². The van der Waals surface area contributed by atoms with Gasteiger partial charge < -0.3 is 8.83 Å². The Morgan fingerprint density at radius 1 is 0.917 bits per heavy atom. The summed E-state index contributed by atoms with van der Waals surface area (Å²) in [5, 5.41) is 2.48. The Labute approximate surface area is 141 Å². The van der Waals surface area contributed by atoms with E-state index in [2.05, 4.69) is 42.3 Å². The molecule has 0 N–H and O–H groups in total. The van der Waals surface area contributed by atoms with Crippen molar-refractivity contribution in [3.63, 3.8) is 0 Å². The fourth-order valence-corrected chi connectivity index (χ4v) is 3.34. The molecule has 0 aliphatic rings. The maximum absolute atomic E-state index is 5.97. The fraction of sp³-hybridized carbons (Fsp3) is 0.238. The second kappa shape index (κ2) is 6.54. The predicted molar refractivity (Wildman–Crippen MR) is 97.1 cm³/mol. The SMILES string of the molecule is CN(CCCc1cccc2oc3ccccc3c12)Cc1ccco1. The van der Waals surface area contributed by atoms with Crippen molar-refractivity contribution < 1.29 is 8.83 Å². The van der Waals surface area contributed by atoms with Crippen molar-refractivity contribution in [3.8, 4) is 0 Å². The fourth-order valence-electron chi connectivity index (χ4n) is 3.34. The molecule has 0 amide bonds. The van der Waals surface area contributed by atoms with E-state index in [0.717, 1.165) is 42.9 Å². The number of benzene rings is 2. The number of hydrogen-bond donors (Lipinski definition) is 0. The van der Waals surface area contributed by atoms with Gasteiger partial charge in [0.1, 0.15) is 16.9 Å². The Balaban J connectivity index is 1.48. The molecule has 0 bridgehead atoms. The smallest absolute Gasteiger partial charge is 0.135 e. The summed E-state index contributed by atoms with van der Waals surface area (Å²) in [5.74, 6) is 1.01. The summed E-state index contributed by atoms with van der Waals surface area (Å²) in [5.41, 5.74) is 3.32. The van der Waals surface area contributed by atoms with Crippen molar-refractivity contribution in [1.82, 2.24) is 4.90 Å². The van der Waals surface area contributed by atoms with E-state index in [9.17, 15) is 0 Å². The summed E-state index contributed by atoms with van der Waals surface area (Å²) in [4.78, 5) is 2.30. The number of para-hydroxylation sites is 1. The van der Waals surface area contributed by atoms with Gasteiger partial charge in [0.05, 0.1) is 12.8 Å². The molecular formula is C21H21NO2. The van der Waals surface area contributed by atoms with Crippen LogP contribution in [0.2, 0.25) is 0 Å². The molecule has 4 aromatic rings. The van der Waals surface area contributed by atoms with E-state index >= 15 is 0 Å². The van der Waals surface area contributed by atoms with Gasteiger partial charge in [-0.15, -0.1) is 0 Å². The molecule has 0 unspecified atom stereocenters. The minimum Gasteiger partial charge on any atom is -0.468 e. The van der Waals surface area contributed by atoms with Gasteiger partial charge >= 0.3 is 0 Å². The Kier molecular flexibility index (Phi) is 4.09. The highest BCUT2D eigenvalue weighted by molar-refractivity contribution is 6.06. The van der Waals surface area contributed by atoms with Crippen LogP contribution in [0.25, 0.3) is 21.9 Å². The largest absolute Gasteiger partial charge is 0.468 e. The minimum absolute atomic E-state index is 0.853. The average Bonchev–Trinajstić information content (AvgIpc) is 3.22. The summed E-state index contributed by atoms with van der Waals surface area (Å²) in [6.45, 7) is 1.89. The van der Waals surface area contributed by atoms with Crippen molar-refractivity contribution in [3.05, 3.63) is 72.2 Å². The summed E-state index contributed by atoms with van der Waals surface area (Å²) in [7, 11) is 2.14. The first-order valence-electron chi connectivity index (χ1n) is 8.41. The normalized spacial score (nSPS) is 11.8. The molecule has 0 saturated heterocycles. The first-order chi connectivity index (χ1) is 11.8. The summed E-state index contributed by atoms with van der Waals surface area (Å²) >= 11 is 0. The maximum Gasteiger partial charge on any atom is 0.135 e. The molecule has 3 heteroatoms. The van der Waals surface area contributed by atoms with Gasteiger partial charge in [0.25, 0.3) is 0 Å². The van der Waals surface area contributed by atoms with E-state index in [1.807, 2.05) is 24.3 Å². The lowest BCUT2D eigenvalue weighted by molar-refractivity contribution is 0.292. The third-order valence-electron chi connectivity index (χ3n) is 4.48. The zero-order chi connectivity index (χ0) is 16.4. The summed E-state index contributed by atoms with van der Waals surface area (Å²) < 4.78 is 11.4. The maximum atomic E-state index is 5.97. The average molecular weight is 319 g/mol. The van der Waals surface area contributed by atoms with Crippen LogP contribution in [0.4, 0.5) is 0 Å². The lowest BCUT2D eigenvalue weighted by Gasteiger charge is -2.15. The molecule has 0 radical (unpaired) electrons. The Morgan fingerprint density at radius 3 is 2.67 bits per heavy atom. The molecule has 122 valence electrons. The molecular weight excluding hydrogens is 298 g/mol. The molecule has 4 rings (SSSR count). The van der Waals surface area contributed by atoms with E-state index in [0.29, 0.717) is 0 Å². The highest BCUT2D eigenvalue weighted by atomic mass is 16.3. The van der Waals surface area contributed by atoms with Gasteiger partial charge in [-0.1, -0.05) is 30.3 Å². The van der Waals surface area contributed by atoms with Crippen molar-refractivity contribution >= 4 is 21.9 Å². The molecule has 0 atom stereocenters. The van der Waals surface area contributed by atoms with Crippen LogP contribution < -0.4 is 0 Å². The van der Waals surface area contributed by atoms with Crippen LogP contribution in [0.15, 0.2) is 69.7 Å². The molecule has 2 aromatic carbocycles. The molecule has 0 saturated carbocycles. The molecule has 2 heterocycles. The Hall–Kier alpha value is -2.52. The first kappa shape index (κ1) is 15.0. The Bertz CT molecular complexity index is 937. The number of nitrogens with zero attached hydrogens (tertiary/aromatic N) is 1. The number of aryl methyl sites for hydroxylation is 1. The van der Waals surface area contributed by atoms with E-state index in [4.69, 9.17) is 8.83 Å². The quantitative estimate of drug-likeness (QED) is 0.486. The molecule has 3 nitrogen and oxygen atoms in total. The highest BCUT2D eigenvalue weighted by Gasteiger charge is 2.10. The molecule has 2 aromatic heterocycles. The topological polar surface area (TPSA) is 29.5 Å². The van der Waals surface area contributed by atoms with Gasteiger partial charge in [0.2, 0.25) is 0 Å². The van der Waals surface area contributed by atoms with Gasteiger partial charge in [-0.25, -0.2) is 0 Å². The molecule has 0 aliphatic carbocycles. The first-order valence-corrected chi connectivity index (χ1v) is 8.41. The second-order valence-electron chi connectivity index (χ2n) is 6.31. The van der Waals surface area contributed by atoms with Crippen molar-refractivity contribution in [1.29, 1.82) is 0 Å². The van der Waals surface area contributed by atoms with Gasteiger partial charge in [0.15, 0.2) is 0 Å². The Morgan fingerprint density at radius 2 is 1.79 bits per heavy atom. The van der Waals surface area contributed by atoms with Gasteiger partial charge in [0, 0.05) is 10.8 Å². The predicted octanol–water partition coefficient (Wildman–Crippen LogP) is 5.24. The third kappa shape index (κ3) is 2.95. The minimum atomic E-state index is 0.853. The summed E-state index contributed by atoms with van der Waals surface area (Å²) in [6, 6.07) is 18.6. The number of fused-ring (bicyclic) bond motifs is 3. The van der Waals surface area contributed by atoms with E-state index in [1.165, 1.54) is 16.3 Å². The second-order valence-corrected chi connectivity index (χ2v) is 6.31. The van der Waals surface area contributed by atoms with E-state index in [1.54, 1.807) is 6.26 Å². The van der Waals surface area contributed by atoms with Crippen LogP contribution in [0.1, 0.15) is 17.7 Å². The molecule has 0 aliphatic heterocycles. The molecule has 24 heavy (non-hydrogen) atoms. The zero-order valence-corrected chi connectivity index (χ0v) is 13.9. The van der Waals surface area contributed by atoms with Crippen LogP contribution in [-0.2, 0) is 13.0 Å². The number of hydrogen-bond acceptors (Lipinski definition) is 3. The molecule has 0 spiro atoms. The van der Waals surface area contributed by atoms with E-state index in [-0.39, 0.29) is 0 Å². The van der Waals surface area contributed by atoms with E-state index < -0.39 is 0 Å². The lowest BCUT2D eigenvalue weighted by atomic mass is 10.0. The van der Waals surface area contributed by atoms with Gasteiger partial charge in [-0.05, 0) is 56.3 Å². The van der Waals surface area contributed by atoms with Crippen molar-refractivity contribution in [2.45, 2.75) is 19.4 Å². The van der Waals surface area contributed by atoms with Crippen molar-refractivity contribution in [2.75, 3.05) is 13.6 Å². The van der Waals surface area contributed by atoms with Crippen LogP contribution in [0.5, 0.6) is 0 Å². The standard InChI is InChI=1S/C21H21NO2/c1-22(15-17-9-6-14-23-17)13-5-8-16-7-4-12-20-21(16)18-10-2-3-11-19(18)24-20/h2-4,6-7,9-12,14H,5,8,13,15H2,1H3. The summed E-state index contributed by atoms with van der Waals surface area (Å²) in [6.07, 6.45) is 3.88. The van der Waals surface area contributed by atoms with Crippen LogP contribution in [-0.4, -0.2) is 18.5 Å². The number of furan rings is 2. The van der Waals surface area contributed by atoms with Crippen LogP contribution in [0.3, 0.4) is 0 Å². The lowest BCUT2D eigenvalue weighted by Crippen LogP contribution is -2.19. The highest BCUT2D eigenvalue weighted by Crippen LogP contribution is 2.31. The number of rotatable bonds is 6. The van der Waals surface area contributed by atoms with Gasteiger partial charge in [-0.3, -0.25) is 4.90 Å². The van der Waals surface area contributed by atoms with Crippen LogP contribution >= 0.6 is 0 Å². The zero-order valence-electron chi connectivity index (χ0n) is 13.9. The third-order valence-corrected chi connectivity index (χ3v) is 4.48. The van der Waals surface area contributed by atoms with Crippen molar-refractivity contribution in [2.24, 2.45) is 0 Å². The monoisotopic (exact) mass is 319 g/mol.